The molecule has 0 atom stereocenters. The molecule has 3 aromatic heterocycles. The summed E-state index contributed by atoms with van der Waals surface area (Å²) in [6.45, 7) is 0. The third kappa shape index (κ3) is 4.90. The Hall–Kier alpha value is -7.37. The number of hydrogen-bond donors (Lipinski definition) is 0. The van der Waals surface area contributed by atoms with Gasteiger partial charge < -0.3 is 8.98 Å². The first kappa shape index (κ1) is 23.2. The molecule has 0 radical (unpaired) electrons. The van der Waals surface area contributed by atoms with Gasteiger partial charge in [0.25, 0.3) is 0 Å². The fourth-order valence-corrected chi connectivity index (χ4v) is 7.32. The van der Waals surface area contributed by atoms with Crippen LogP contribution in [0.5, 0.6) is 0 Å². The van der Waals surface area contributed by atoms with Crippen LogP contribution in [0.3, 0.4) is 0 Å². The van der Waals surface area contributed by atoms with Crippen LogP contribution in [-0.2, 0) is 0 Å². The fourth-order valence-electron chi connectivity index (χ4n) is 7.32. The highest BCUT2D eigenvalue weighted by molar-refractivity contribution is 6.10. The summed E-state index contributed by atoms with van der Waals surface area (Å²) in [7, 11) is 0. The Balaban J connectivity index is 1.26. The van der Waals surface area contributed by atoms with Gasteiger partial charge >= 0.3 is 0 Å². The van der Waals surface area contributed by atoms with E-state index in [0.29, 0.717) is 34.0 Å². The molecule has 0 saturated carbocycles. The first-order valence-electron chi connectivity index (χ1n) is 21.5. The van der Waals surface area contributed by atoms with E-state index < -0.39 is 48.3 Å². The lowest BCUT2D eigenvalue weighted by molar-refractivity contribution is 0.669. The second-order valence-corrected chi connectivity index (χ2v) is 13.1. The van der Waals surface area contributed by atoms with Crippen LogP contribution in [0.25, 0.3) is 105 Å². The topological polar surface area (TPSA) is 56.7 Å². The number of para-hydroxylation sites is 3. The minimum absolute atomic E-state index is 0.0113. The summed E-state index contributed by atoms with van der Waals surface area (Å²) >= 11 is 0. The quantitative estimate of drug-likeness (QED) is 0.180. The van der Waals surface area contributed by atoms with E-state index in [4.69, 9.17) is 27.6 Å². The van der Waals surface area contributed by atoms with Crippen molar-refractivity contribution >= 4 is 54.5 Å². The summed E-state index contributed by atoms with van der Waals surface area (Å²) in [5, 5.41) is 3.92. The van der Waals surface area contributed by atoms with Gasteiger partial charge in [-0.25, -0.2) is 15.0 Å². The highest BCUT2D eigenvalue weighted by Crippen LogP contribution is 2.39. The largest absolute Gasteiger partial charge is 0.456 e. The van der Waals surface area contributed by atoms with Crippen molar-refractivity contribution in [3.63, 3.8) is 0 Å². The molecule has 0 amide bonds. The predicted octanol–water partition coefficient (Wildman–Crippen LogP) is 12.7. The molecule has 0 aliphatic rings. The molecule has 0 aliphatic carbocycles. The van der Waals surface area contributed by atoms with Crippen molar-refractivity contribution in [1.82, 2.24) is 19.5 Å². The molecule has 5 nitrogen and oxygen atoms in total. The number of rotatable bonds is 5. The first-order valence-corrected chi connectivity index (χ1v) is 17.5. The molecule has 0 N–H and O–H groups in total. The average Bonchev–Trinajstić information content (AvgIpc) is 3.88. The maximum atomic E-state index is 9.30. The molecule has 0 aliphatic heterocycles. The molecule has 0 fully saturated rings. The third-order valence-corrected chi connectivity index (χ3v) is 9.90. The van der Waals surface area contributed by atoms with Gasteiger partial charge in [0.1, 0.15) is 11.2 Å². The molecular formula is C49H30N4O. The third-order valence-electron chi connectivity index (χ3n) is 9.90. The molecule has 0 unspecified atom stereocenters. The number of benzene rings is 8. The van der Waals surface area contributed by atoms with Gasteiger partial charge in [0.2, 0.25) is 0 Å². The van der Waals surface area contributed by atoms with Gasteiger partial charge in [0.05, 0.1) is 27.7 Å². The van der Waals surface area contributed by atoms with E-state index >= 15 is 0 Å². The maximum Gasteiger partial charge on any atom is 0.166 e. The van der Waals surface area contributed by atoms with Gasteiger partial charge in [-0.15, -0.1) is 0 Å². The zero-order chi connectivity index (χ0) is 42.6. The molecule has 0 spiro atoms. The van der Waals surface area contributed by atoms with E-state index in [1.807, 2.05) is 127 Å². The van der Waals surface area contributed by atoms with Crippen molar-refractivity contribution in [3.05, 3.63) is 182 Å². The monoisotopic (exact) mass is 698 g/mol. The number of fused-ring (bicyclic) bond motifs is 7. The molecule has 11 rings (SSSR count). The van der Waals surface area contributed by atoms with Crippen LogP contribution in [0.1, 0.15) is 11.0 Å². The van der Waals surface area contributed by atoms with Crippen molar-refractivity contribution < 1.29 is 15.4 Å². The van der Waals surface area contributed by atoms with Gasteiger partial charge in [-0.05, 0) is 70.4 Å². The van der Waals surface area contributed by atoms with E-state index in [2.05, 4.69) is 6.07 Å². The van der Waals surface area contributed by atoms with Crippen LogP contribution in [0.15, 0.2) is 186 Å². The first-order chi connectivity index (χ1) is 30.1. The molecule has 54 heavy (non-hydrogen) atoms. The summed E-state index contributed by atoms with van der Waals surface area (Å²) in [5.74, 6) is 0.924. The fraction of sp³-hybridized carbons (Fsp3) is 0. The summed E-state index contributed by atoms with van der Waals surface area (Å²) < 4.78 is 79.4. The minimum Gasteiger partial charge on any atom is -0.456 e. The number of hydrogen-bond acceptors (Lipinski definition) is 4. The van der Waals surface area contributed by atoms with Crippen molar-refractivity contribution in [2.45, 2.75) is 0 Å². The van der Waals surface area contributed by atoms with Crippen molar-refractivity contribution in [2.75, 3.05) is 0 Å². The predicted molar refractivity (Wildman–Crippen MR) is 221 cm³/mol. The number of furan rings is 1. The van der Waals surface area contributed by atoms with E-state index in [0.717, 1.165) is 43.8 Å². The van der Waals surface area contributed by atoms with Gasteiger partial charge in [-0.3, -0.25) is 0 Å². The van der Waals surface area contributed by atoms with Crippen LogP contribution in [0, 0.1) is 0 Å². The second-order valence-electron chi connectivity index (χ2n) is 13.1. The molecule has 5 heteroatoms. The summed E-state index contributed by atoms with van der Waals surface area (Å²) in [6, 6.07) is 39.1. The normalized spacial score (nSPS) is 13.8. The Bertz CT molecular complexity index is 3620. The highest BCUT2D eigenvalue weighted by Gasteiger charge is 2.21. The number of aromatic nitrogens is 4. The van der Waals surface area contributed by atoms with Crippen LogP contribution >= 0.6 is 0 Å². The van der Waals surface area contributed by atoms with Crippen LogP contribution in [0.4, 0.5) is 0 Å². The van der Waals surface area contributed by atoms with Crippen LogP contribution in [-0.4, -0.2) is 19.5 Å². The zero-order valence-electron chi connectivity index (χ0n) is 36.4. The van der Waals surface area contributed by atoms with E-state index in [1.165, 1.54) is 4.57 Å². The van der Waals surface area contributed by atoms with Crippen molar-refractivity contribution in [3.8, 4) is 51.0 Å². The Morgan fingerprint density at radius 3 is 1.85 bits per heavy atom. The van der Waals surface area contributed by atoms with Gasteiger partial charge in [-0.1, -0.05) is 133 Å². The number of nitrogens with zero attached hydrogens (tertiary/aromatic N) is 4. The lowest BCUT2D eigenvalue weighted by Crippen LogP contribution is -2.04. The summed E-state index contributed by atoms with van der Waals surface area (Å²) in [5.41, 5.74) is 5.09. The minimum atomic E-state index is -0.518. The summed E-state index contributed by atoms with van der Waals surface area (Å²) in [4.78, 5) is 15.1. The Labute approximate surface area is 321 Å². The molecule has 0 saturated heterocycles. The molecule has 11 aromatic rings. The average molecular weight is 699 g/mol. The second kappa shape index (κ2) is 12.1. The van der Waals surface area contributed by atoms with E-state index in [9.17, 15) is 2.74 Å². The van der Waals surface area contributed by atoms with Crippen LogP contribution in [0.2, 0.25) is 0 Å². The lowest BCUT2D eigenvalue weighted by Gasteiger charge is -2.16. The van der Waals surface area contributed by atoms with Crippen LogP contribution < -0.4 is 0 Å². The Morgan fingerprint density at radius 1 is 0.426 bits per heavy atom. The van der Waals surface area contributed by atoms with Crippen molar-refractivity contribution in [2.24, 2.45) is 0 Å². The van der Waals surface area contributed by atoms with Gasteiger partial charge in [-0.2, -0.15) is 0 Å². The molecule has 252 valence electrons. The molecule has 0 bridgehead atoms. The SMILES string of the molecule is [2H]c1c([2H])c([2H])c2c(c1[2H])c1c([2H])c([2H])c([2H])c([2H])c1n2-c1cc(-c2ccc3ccccc3c2)ccc1-c1nc(-c2ccccc2)nc(-c2ccc3c(c2)oc2ccccc23)n1. The standard InChI is InChI=1S/C49H30N4O/c1-2-13-32(14-3-1)47-50-48(36-25-26-40-39-18-8-11-21-45(39)54-46(40)30-36)52-49(51-47)41-27-24-35(34-23-22-31-12-4-5-15-33(31)28-34)29-44(41)53-42-19-9-6-16-37(42)38-17-7-10-20-43(38)53/h1-30H/i6D,7D,9D,10D,16D,17D,19D,20D. The Morgan fingerprint density at radius 2 is 1.04 bits per heavy atom. The van der Waals surface area contributed by atoms with E-state index in [-0.39, 0.29) is 27.6 Å². The highest BCUT2D eigenvalue weighted by atomic mass is 16.3. The van der Waals surface area contributed by atoms with Gasteiger partial charge in [0.15, 0.2) is 17.5 Å². The molecule has 8 aromatic carbocycles. The molecular weight excluding hydrogens is 661 g/mol. The molecule has 3 heterocycles. The van der Waals surface area contributed by atoms with Gasteiger partial charge in [0, 0.05) is 38.2 Å². The summed E-state index contributed by atoms with van der Waals surface area (Å²) in [6.07, 6.45) is 0. The lowest BCUT2D eigenvalue weighted by atomic mass is 9.98. The van der Waals surface area contributed by atoms with Crippen molar-refractivity contribution in [1.29, 1.82) is 0 Å². The maximum absolute atomic E-state index is 9.30. The smallest absolute Gasteiger partial charge is 0.166 e. The zero-order valence-corrected chi connectivity index (χ0v) is 28.4. The van der Waals surface area contributed by atoms with E-state index in [1.54, 1.807) is 0 Å². The Kier molecular flexibility index (Phi) is 5.21.